The van der Waals surface area contributed by atoms with Gasteiger partial charge in [-0.15, -0.1) is 0 Å². The lowest BCUT2D eigenvalue weighted by atomic mass is 10.1. The zero-order chi connectivity index (χ0) is 13.8. The fourth-order valence-electron chi connectivity index (χ4n) is 2.14. The number of benzene rings is 1. The molecule has 1 aliphatic heterocycles. The minimum absolute atomic E-state index is 0.0639. The molecule has 1 aliphatic rings. The van der Waals surface area contributed by atoms with E-state index in [1.54, 1.807) is 0 Å². The van der Waals surface area contributed by atoms with E-state index in [-0.39, 0.29) is 5.91 Å². The predicted octanol–water partition coefficient (Wildman–Crippen LogP) is 1.77. The molecule has 0 radical (unpaired) electrons. The Labute approximate surface area is 119 Å². The van der Waals surface area contributed by atoms with E-state index in [1.165, 1.54) is 5.56 Å². The van der Waals surface area contributed by atoms with E-state index in [0.29, 0.717) is 24.2 Å². The van der Waals surface area contributed by atoms with Crippen molar-refractivity contribution in [2.45, 2.75) is 26.4 Å². The summed E-state index contributed by atoms with van der Waals surface area (Å²) in [5.41, 5.74) is 2.23. The number of amides is 1. The monoisotopic (exact) mass is 281 g/mol. The molecule has 1 aromatic rings. The number of piperazine rings is 1. The summed E-state index contributed by atoms with van der Waals surface area (Å²) in [6.45, 7) is 6.91. The number of hydrogen-bond donors (Lipinski definition) is 2. The van der Waals surface area contributed by atoms with Gasteiger partial charge < -0.3 is 15.5 Å². The van der Waals surface area contributed by atoms with Crippen molar-refractivity contribution in [1.29, 1.82) is 0 Å². The summed E-state index contributed by atoms with van der Waals surface area (Å²) in [6.07, 6.45) is 0. The molecule has 1 heterocycles. The van der Waals surface area contributed by atoms with Crippen LogP contribution in [0, 0.1) is 0 Å². The van der Waals surface area contributed by atoms with Gasteiger partial charge in [0.05, 0.1) is 6.54 Å². The van der Waals surface area contributed by atoms with Crippen LogP contribution in [0.5, 0.6) is 0 Å². The maximum atomic E-state index is 11.5. The molecule has 1 fully saturated rings. The lowest BCUT2D eigenvalue weighted by Gasteiger charge is -2.30. The molecule has 104 valence electrons. The molecular weight excluding hydrogens is 262 g/mol. The molecule has 0 unspecified atom stereocenters. The van der Waals surface area contributed by atoms with Gasteiger partial charge in [-0.25, -0.2) is 0 Å². The largest absolute Gasteiger partial charge is 0.360 e. The number of halogens is 1. The van der Waals surface area contributed by atoms with E-state index in [1.807, 2.05) is 18.2 Å². The second-order valence-electron chi connectivity index (χ2n) is 5.08. The fourth-order valence-corrected chi connectivity index (χ4v) is 2.31. The summed E-state index contributed by atoms with van der Waals surface area (Å²) in [5.74, 6) is 0.0639. The summed E-state index contributed by atoms with van der Waals surface area (Å²) in [4.78, 5) is 13.6. The highest BCUT2D eigenvalue weighted by molar-refractivity contribution is 6.30. The molecule has 4 nitrogen and oxygen atoms in total. The van der Waals surface area contributed by atoms with Crippen molar-refractivity contribution in [3.8, 4) is 0 Å². The van der Waals surface area contributed by atoms with E-state index in [4.69, 9.17) is 11.6 Å². The molecule has 1 saturated heterocycles. The van der Waals surface area contributed by atoms with Gasteiger partial charge in [0.1, 0.15) is 0 Å². The third kappa shape index (κ3) is 3.85. The average molecular weight is 282 g/mol. The van der Waals surface area contributed by atoms with Crippen molar-refractivity contribution in [2.24, 2.45) is 0 Å². The highest BCUT2D eigenvalue weighted by atomic mass is 35.5. The molecule has 5 heteroatoms. The van der Waals surface area contributed by atoms with Gasteiger partial charge in [-0.05, 0) is 17.7 Å². The molecule has 2 rings (SSSR count). The first-order chi connectivity index (χ1) is 9.06. The van der Waals surface area contributed by atoms with Gasteiger partial charge in [0.25, 0.3) is 0 Å². The quantitative estimate of drug-likeness (QED) is 0.884. The molecule has 0 atom stereocenters. The van der Waals surface area contributed by atoms with Crippen LogP contribution >= 0.6 is 11.6 Å². The number of carbonyl (C=O) groups excluding carboxylic acids is 1. The number of anilines is 1. The van der Waals surface area contributed by atoms with Gasteiger partial charge in [0.15, 0.2) is 0 Å². The Morgan fingerprint density at radius 3 is 2.95 bits per heavy atom. The van der Waals surface area contributed by atoms with Crippen LogP contribution in [0.25, 0.3) is 0 Å². The van der Waals surface area contributed by atoms with E-state index >= 15 is 0 Å². The Hall–Kier alpha value is -1.26. The highest BCUT2D eigenvalue weighted by Crippen LogP contribution is 2.25. The summed E-state index contributed by atoms with van der Waals surface area (Å²) < 4.78 is 0. The van der Waals surface area contributed by atoms with Gasteiger partial charge in [0.2, 0.25) is 5.91 Å². The van der Waals surface area contributed by atoms with Crippen LogP contribution in [0.4, 0.5) is 5.69 Å². The number of nitrogens with one attached hydrogen (secondary N) is 2. The smallest absolute Gasteiger partial charge is 0.239 e. The first-order valence-electron chi connectivity index (χ1n) is 6.59. The molecule has 0 saturated carbocycles. The van der Waals surface area contributed by atoms with Gasteiger partial charge in [-0.2, -0.15) is 0 Å². The highest BCUT2D eigenvalue weighted by Gasteiger charge is 2.19. The van der Waals surface area contributed by atoms with Crippen molar-refractivity contribution < 1.29 is 4.79 Å². The van der Waals surface area contributed by atoms with Crippen molar-refractivity contribution in [3.05, 3.63) is 28.8 Å². The third-order valence-corrected chi connectivity index (χ3v) is 3.36. The van der Waals surface area contributed by atoms with E-state index in [9.17, 15) is 4.79 Å². The lowest BCUT2D eigenvalue weighted by Crippen LogP contribution is -2.48. The molecule has 0 aromatic heterocycles. The standard InChI is InChI=1S/C14H20ClN3O/c1-10(2)17-8-11-3-4-12(15)7-13(11)18-6-5-16-14(19)9-18/h3-4,7,10,17H,5-6,8-9H2,1-2H3,(H,16,19). The van der Waals surface area contributed by atoms with Crippen LogP contribution in [-0.2, 0) is 11.3 Å². The molecule has 0 spiro atoms. The Balaban J connectivity index is 2.20. The predicted molar refractivity (Wildman–Crippen MR) is 78.7 cm³/mol. The first kappa shape index (κ1) is 14.2. The van der Waals surface area contributed by atoms with Crippen LogP contribution in [-0.4, -0.2) is 31.6 Å². The number of carbonyl (C=O) groups is 1. The topological polar surface area (TPSA) is 44.4 Å². The summed E-state index contributed by atoms with van der Waals surface area (Å²) in [7, 11) is 0. The molecule has 2 N–H and O–H groups in total. The van der Waals surface area contributed by atoms with Gasteiger partial charge in [-0.1, -0.05) is 31.5 Å². The maximum Gasteiger partial charge on any atom is 0.239 e. The van der Waals surface area contributed by atoms with Crippen molar-refractivity contribution >= 4 is 23.2 Å². The maximum absolute atomic E-state index is 11.5. The Bertz CT molecular complexity index is 462. The first-order valence-corrected chi connectivity index (χ1v) is 6.97. The van der Waals surface area contributed by atoms with Gasteiger partial charge in [0, 0.05) is 36.4 Å². The zero-order valence-electron chi connectivity index (χ0n) is 11.4. The molecular formula is C14H20ClN3O. The molecule has 0 bridgehead atoms. The number of hydrogen-bond acceptors (Lipinski definition) is 3. The van der Waals surface area contributed by atoms with Crippen LogP contribution in [0.2, 0.25) is 5.02 Å². The van der Waals surface area contributed by atoms with Crippen LogP contribution < -0.4 is 15.5 Å². The van der Waals surface area contributed by atoms with E-state index in [0.717, 1.165) is 18.8 Å². The van der Waals surface area contributed by atoms with Crippen molar-refractivity contribution in [3.63, 3.8) is 0 Å². The van der Waals surface area contributed by atoms with E-state index < -0.39 is 0 Å². The second kappa shape index (κ2) is 6.26. The Morgan fingerprint density at radius 1 is 1.47 bits per heavy atom. The average Bonchev–Trinajstić information content (AvgIpc) is 2.37. The Morgan fingerprint density at radius 2 is 2.26 bits per heavy atom. The summed E-state index contributed by atoms with van der Waals surface area (Å²) in [6, 6.07) is 6.29. The number of rotatable bonds is 4. The zero-order valence-corrected chi connectivity index (χ0v) is 12.1. The number of nitrogens with zero attached hydrogens (tertiary/aromatic N) is 1. The van der Waals surface area contributed by atoms with Crippen LogP contribution in [0.15, 0.2) is 18.2 Å². The molecule has 1 amide bonds. The van der Waals surface area contributed by atoms with Crippen molar-refractivity contribution in [2.75, 3.05) is 24.5 Å². The summed E-state index contributed by atoms with van der Waals surface area (Å²) >= 11 is 6.09. The minimum Gasteiger partial charge on any atom is -0.360 e. The molecule has 19 heavy (non-hydrogen) atoms. The fraction of sp³-hybridized carbons (Fsp3) is 0.500. The lowest BCUT2D eigenvalue weighted by molar-refractivity contribution is -0.120. The summed E-state index contributed by atoms with van der Waals surface area (Å²) in [5, 5.41) is 6.94. The van der Waals surface area contributed by atoms with Crippen molar-refractivity contribution in [1.82, 2.24) is 10.6 Å². The minimum atomic E-state index is 0.0639. The van der Waals surface area contributed by atoms with Crippen LogP contribution in [0.1, 0.15) is 19.4 Å². The van der Waals surface area contributed by atoms with Crippen LogP contribution in [0.3, 0.4) is 0 Å². The SMILES string of the molecule is CC(C)NCc1ccc(Cl)cc1N1CCNC(=O)C1. The Kier molecular flexibility index (Phi) is 4.66. The second-order valence-corrected chi connectivity index (χ2v) is 5.52. The third-order valence-electron chi connectivity index (χ3n) is 3.13. The van der Waals surface area contributed by atoms with Gasteiger partial charge >= 0.3 is 0 Å². The van der Waals surface area contributed by atoms with E-state index in [2.05, 4.69) is 29.4 Å². The van der Waals surface area contributed by atoms with Gasteiger partial charge in [-0.3, -0.25) is 4.79 Å². The molecule has 1 aromatic carbocycles. The normalized spacial score (nSPS) is 15.8. The molecule has 0 aliphatic carbocycles.